The third kappa shape index (κ3) is 1.92. The Bertz CT molecular complexity index is 743. The predicted octanol–water partition coefficient (Wildman–Crippen LogP) is 5.22. The standard InChI is InChI=1S/C13H10Cl2N2S/c1-6-3-7(2)11-9(4-6)16-13(17-11)8-5-10(14)18-12(8)15/h3-5H,1-2H3,(H,16,17). The molecule has 0 aliphatic rings. The van der Waals surface area contributed by atoms with Crippen LogP contribution in [0.1, 0.15) is 11.1 Å². The van der Waals surface area contributed by atoms with Crippen molar-refractivity contribution in [2.24, 2.45) is 0 Å². The summed E-state index contributed by atoms with van der Waals surface area (Å²) in [4.78, 5) is 7.91. The summed E-state index contributed by atoms with van der Waals surface area (Å²) < 4.78 is 1.33. The molecule has 3 rings (SSSR count). The summed E-state index contributed by atoms with van der Waals surface area (Å²) in [6, 6.07) is 6.05. The zero-order valence-corrected chi connectivity index (χ0v) is 12.2. The Balaban J connectivity index is 2.25. The second-order valence-corrected chi connectivity index (χ2v) is 6.59. The highest BCUT2D eigenvalue weighted by Gasteiger charge is 2.13. The number of benzene rings is 1. The van der Waals surface area contributed by atoms with Gasteiger partial charge in [0, 0.05) is 5.56 Å². The van der Waals surface area contributed by atoms with Crippen molar-refractivity contribution in [1.82, 2.24) is 9.97 Å². The highest BCUT2D eigenvalue weighted by atomic mass is 35.5. The van der Waals surface area contributed by atoms with Gasteiger partial charge in [0.25, 0.3) is 0 Å². The first-order chi connectivity index (χ1) is 8.54. The molecule has 1 aromatic carbocycles. The maximum Gasteiger partial charge on any atom is 0.140 e. The van der Waals surface area contributed by atoms with Crippen LogP contribution in [0.2, 0.25) is 8.67 Å². The normalized spacial score (nSPS) is 11.3. The molecule has 1 N–H and O–H groups in total. The Labute approximate surface area is 119 Å². The zero-order valence-electron chi connectivity index (χ0n) is 9.84. The van der Waals surface area contributed by atoms with E-state index < -0.39 is 0 Å². The van der Waals surface area contributed by atoms with Crippen LogP contribution in [-0.4, -0.2) is 9.97 Å². The number of nitrogens with zero attached hydrogens (tertiary/aromatic N) is 1. The van der Waals surface area contributed by atoms with Crippen molar-refractivity contribution in [3.63, 3.8) is 0 Å². The summed E-state index contributed by atoms with van der Waals surface area (Å²) >= 11 is 13.5. The third-order valence-corrected chi connectivity index (χ3v) is 4.32. The monoisotopic (exact) mass is 296 g/mol. The van der Waals surface area contributed by atoms with Gasteiger partial charge in [-0.15, -0.1) is 11.3 Å². The van der Waals surface area contributed by atoms with Crippen LogP contribution in [0, 0.1) is 13.8 Å². The summed E-state index contributed by atoms with van der Waals surface area (Å²) in [5.74, 6) is 0.770. The van der Waals surface area contributed by atoms with Crippen LogP contribution in [0.25, 0.3) is 22.4 Å². The van der Waals surface area contributed by atoms with E-state index in [-0.39, 0.29) is 0 Å². The first-order valence-corrected chi connectivity index (χ1v) is 7.04. The minimum Gasteiger partial charge on any atom is -0.338 e. The van der Waals surface area contributed by atoms with Crippen LogP contribution < -0.4 is 0 Å². The molecule has 92 valence electrons. The zero-order chi connectivity index (χ0) is 12.9. The lowest BCUT2D eigenvalue weighted by Crippen LogP contribution is -1.79. The molecule has 0 aliphatic heterocycles. The van der Waals surface area contributed by atoms with Gasteiger partial charge in [-0.3, -0.25) is 0 Å². The van der Waals surface area contributed by atoms with Crippen molar-refractivity contribution in [2.45, 2.75) is 13.8 Å². The Morgan fingerprint density at radius 2 is 1.94 bits per heavy atom. The topological polar surface area (TPSA) is 28.7 Å². The molecule has 2 nitrogen and oxygen atoms in total. The fourth-order valence-electron chi connectivity index (χ4n) is 2.10. The van der Waals surface area contributed by atoms with E-state index in [1.54, 1.807) is 0 Å². The number of fused-ring (bicyclic) bond motifs is 1. The van der Waals surface area contributed by atoms with E-state index in [1.165, 1.54) is 16.9 Å². The number of H-pyrrole nitrogens is 1. The SMILES string of the molecule is Cc1cc(C)c2nc(-c3cc(Cl)sc3Cl)[nH]c2c1. The van der Waals surface area contributed by atoms with Gasteiger partial charge in [0.1, 0.15) is 10.2 Å². The molecule has 0 saturated heterocycles. The predicted molar refractivity (Wildman–Crippen MR) is 78.9 cm³/mol. The molecule has 2 aromatic heterocycles. The van der Waals surface area contributed by atoms with Crippen LogP contribution >= 0.6 is 34.5 Å². The van der Waals surface area contributed by atoms with Gasteiger partial charge in [-0.2, -0.15) is 0 Å². The van der Waals surface area contributed by atoms with Gasteiger partial charge < -0.3 is 4.98 Å². The van der Waals surface area contributed by atoms with E-state index in [0.717, 1.165) is 28.0 Å². The van der Waals surface area contributed by atoms with Crippen LogP contribution in [0.15, 0.2) is 18.2 Å². The molecule has 5 heteroatoms. The Morgan fingerprint density at radius 1 is 1.17 bits per heavy atom. The van der Waals surface area contributed by atoms with Crippen LogP contribution in [-0.2, 0) is 0 Å². The quantitative estimate of drug-likeness (QED) is 0.656. The number of aromatic amines is 1. The molecule has 0 unspecified atom stereocenters. The molecule has 0 saturated carbocycles. The highest BCUT2D eigenvalue weighted by Crippen LogP contribution is 2.37. The number of rotatable bonds is 1. The largest absolute Gasteiger partial charge is 0.338 e. The van der Waals surface area contributed by atoms with E-state index in [4.69, 9.17) is 23.2 Å². The van der Waals surface area contributed by atoms with E-state index >= 15 is 0 Å². The number of hydrogen-bond donors (Lipinski definition) is 1. The van der Waals surface area contributed by atoms with Crippen molar-refractivity contribution in [1.29, 1.82) is 0 Å². The molecular weight excluding hydrogens is 287 g/mol. The molecular formula is C13H10Cl2N2S. The van der Waals surface area contributed by atoms with Crippen LogP contribution in [0.4, 0.5) is 0 Å². The van der Waals surface area contributed by atoms with Gasteiger partial charge in [-0.05, 0) is 37.1 Å². The lowest BCUT2D eigenvalue weighted by molar-refractivity contribution is 1.34. The van der Waals surface area contributed by atoms with E-state index in [0.29, 0.717) is 8.67 Å². The van der Waals surface area contributed by atoms with Crippen LogP contribution in [0.3, 0.4) is 0 Å². The molecule has 0 spiro atoms. The average Bonchev–Trinajstić information content (AvgIpc) is 2.81. The number of halogens is 2. The van der Waals surface area contributed by atoms with Gasteiger partial charge >= 0.3 is 0 Å². The van der Waals surface area contributed by atoms with Crippen molar-refractivity contribution < 1.29 is 0 Å². The van der Waals surface area contributed by atoms with E-state index in [9.17, 15) is 0 Å². The summed E-state index contributed by atoms with van der Waals surface area (Å²) in [6.45, 7) is 4.13. The fourth-order valence-corrected chi connectivity index (χ4v) is 3.57. The van der Waals surface area contributed by atoms with E-state index in [2.05, 4.69) is 35.9 Å². The molecule has 0 bridgehead atoms. The molecule has 18 heavy (non-hydrogen) atoms. The summed E-state index contributed by atoms with van der Waals surface area (Å²) in [6.07, 6.45) is 0. The Hall–Kier alpha value is -1.03. The maximum absolute atomic E-state index is 6.15. The smallest absolute Gasteiger partial charge is 0.140 e. The van der Waals surface area contributed by atoms with E-state index in [1.807, 2.05) is 6.07 Å². The average molecular weight is 297 g/mol. The van der Waals surface area contributed by atoms with Crippen LogP contribution in [0.5, 0.6) is 0 Å². The molecule has 2 heterocycles. The maximum atomic E-state index is 6.15. The minimum absolute atomic E-state index is 0.661. The second-order valence-electron chi connectivity index (χ2n) is 4.30. The number of hydrogen-bond acceptors (Lipinski definition) is 2. The minimum atomic E-state index is 0.661. The number of imidazole rings is 1. The molecule has 0 fully saturated rings. The summed E-state index contributed by atoms with van der Waals surface area (Å²) in [5, 5.41) is 0. The molecule has 0 atom stereocenters. The van der Waals surface area contributed by atoms with Crippen molar-refractivity contribution in [2.75, 3.05) is 0 Å². The van der Waals surface area contributed by atoms with Gasteiger partial charge in [0.05, 0.1) is 15.4 Å². The van der Waals surface area contributed by atoms with Crippen molar-refractivity contribution in [3.8, 4) is 11.4 Å². The molecule has 0 radical (unpaired) electrons. The molecule has 0 amide bonds. The number of aromatic nitrogens is 2. The van der Waals surface area contributed by atoms with Crippen molar-refractivity contribution in [3.05, 3.63) is 38.0 Å². The van der Waals surface area contributed by atoms with Gasteiger partial charge in [0.15, 0.2) is 0 Å². The Kier molecular flexibility index (Phi) is 2.85. The second kappa shape index (κ2) is 4.26. The lowest BCUT2D eigenvalue weighted by Gasteiger charge is -1.96. The van der Waals surface area contributed by atoms with Gasteiger partial charge in [-0.1, -0.05) is 29.3 Å². The fraction of sp³-hybridized carbons (Fsp3) is 0.154. The summed E-state index contributed by atoms with van der Waals surface area (Å²) in [7, 11) is 0. The highest BCUT2D eigenvalue weighted by molar-refractivity contribution is 7.20. The first-order valence-electron chi connectivity index (χ1n) is 5.47. The van der Waals surface area contributed by atoms with Gasteiger partial charge in [-0.25, -0.2) is 4.98 Å². The number of aryl methyl sites for hydroxylation is 2. The lowest BCUT2D eigenvalue weighted by atomic mass is 10.1. The summed E-state index contributed by atoms with van der Waals surface area (Å²) in [5.41, 5.74) is 5.24. The van der Waals surface area contributed by atoms with Crippen molar-refractivity contribution >= 4 is 45.6 Å². The third-order valence-electron chi connectivity index (χ3n) is 2.83. The number of thiophene rings is 1. The molecule has 3 aromatic rings. The molecule has 0 aliphatic carbocycles. The first kappa shape index (κ1) is 12.0. The van der Waals surface area contributed by atoms with Gasteiger partial charge in [0.2, 0.25) is 0 Å². The Morgan fingerprint density at radius 3 is 2.61 bits per heavy atom. The number of nitrogens with one attached hydrogen (secondary N) is 1.